The second-order valence-corrected chi connectivity index (χ2v) is 5.58. The van der Waals surface area contributed by atoms with Crippen LogP contribution < -0.4 is 10.1 Å². The minimum absolute atomic E-state index is 0.211. The largest absolute Gasteiger partial charge is 0.497 e. The van der Waals surface area contributed by atoms with E-state index in [4.69, 9.17) is 4.74 Å². The summed E-state index contributed by atoms with van der Waals surface area (Å²) < 4.78 is 5.10. The molecule has 4 nitrogen and oxygen atoms in total. The number of carbonyl (C=O) groups is 2. The van der Waals surface area contributed by atoms with Gasteiger partial charge in [-0.15, -0.1) is 0 Å². The Labute approximate surface area is 125 Å². The van der Waals surface area contributed by atoms with Crippen LogP contribution in [0.15, 0.2) is 24.3 Å². The number of carbonyl (C=O) groups excluding carboxylic acids is 2. The van der Waals surface area contributed by atoms with Crippen LogP contribution in [0.4, 0.5) is 0 Å². The minimum Gasteiger partial charge on any atom is -0.497 e. The third-order valence-electron chi connectivity index (χ3n) is 3.97. The molecule has 1 aliphatic rings. The van der Waals surface area contributed by atoms with E-state index >= 15 is 0 Å². The highest BCUT2D eigenvalue weighted by Crippen LogP contribution is 2.17. The van der Waals surface area contributed by atoms with Crippen LogP contribution in [0.3, 0.4) is 0 Å². The quantitative estimate of drug-likeness (QED) is 0.785. The van der Waals surface area contributed by atoms with Crippen molar-refractivity contribution >= 4 is 11.7 Å². The van der Waals surface area contributed by atoms with Gasteiger partial charge in [0.1, 0.15) is 5.75 Å². The van der Waals surface area contributed by atoms with Gasteiger partial charge >= 0.3 is 0 Å². The van der Waals surface area contributed by atoms with Gasteiger partial charge in [0.05, 0.1) is 7.11 Å². The maximum Gasteiger partial charge on any atom is 0.287 e. The summed E-state index contributed by atoms with van der Waals surface area (Å²) in [5, 5.41) is 2.84. The fraction of sp³-hybridized carbons (Fsp3) is 0.529. The highest BCUT2D eigenvalue weighted by atomic mass is 16.5. The number of benzene rings is 1. The van der Waals surface area contributed by atoms with Crippen molar-refractivity contribution in [1.29, 1.82) is 0 Å². The molecular weight excluding hydrogens is 266 g/mol. The van der Waals surface area contributed by atoms with Gasteiger partial charge in [-0.05, 0) is 43.4 Å². The molecule has 1 amide bonds. The highest BCUT2D eigenvalue weighted by Gasteiger charge is 2.20. The number of nitrogens with one attached hydrogen (secondary N) is 1. The average Bonchev–Trinajstić information content (AvgIpc) is 3.00. The Kier molecular flexibility index (Phi) is 5.78. The second kappa shape index (κ2) is 7.81. The number of hydrogen-bond donors (Lipinski definition) is 1. The van der Waals surface area contributed by atoms with Gasteiger partial charge in [-0.3, -0.25) is 9.59 Å². The van der Waals surface area contributed by atoms with E-state index in [0.29, 0.717) is 12.8 Å². The van der Waals surface area contributed by atoms with Crippen molar-refractivity contribution in [3.8, 4) is 5.75 Å². The Morgan fingerprint density at radius 2 is 1.86 bits per heavy atom. The van der Waals surface area contributed by atoms with Crippen molar-refractivity contribution in [3.05, 3.63) is 29.8 Å². The lowest BCUT2D eigenvalue weighted by atomic mass is 10.1. The molecule has 0 spiro atoms. The molecule has 0 bridgehead atoms. The molecule has 1 saturated carbocycles. The number of Topliss-reactive ketones (excluding diaryl/α,β-unsaturated/α-hetero) is 1. The minimum atomic E-state index is -0.406. The fourth-order valence-corrected chi connectivity index (χ4v) is 2.69. The summed E-state index contributed by atoms with van der Waals surface area (Å²) >= 11 is 0. The molecule has 1 aromatic carbocycles. The summed E-state index contributed by atoms with van der Waals surface area (Å²) in [6, 6.07) is 8.00. The van der Waals surface area contributed by atoms with Gasteiger partial charge < -0.3 is 10.1 Å². The lowest BCUT2D eigenvalue weighted by Gasteiger charge is -2.10. The lowest BCUT2D eigenvalue weighted by Crippen LogP contribution is -2.37. The molecule has 114 valence electrons. The van der Waals surface area contributed by atoms with Crippen LogP contribution in [-0.2, 0) is 16.0 Å². The molecule has 0 radical (unpaired) electrons. The molecule has 1 N–H and O–H groups in total. The molecule has 1 fully saturated rings. The van der Waals surface area contributed by atoms with Crippen molar-refractivity contribution < 1.29 is 14.3 Å². The predicted molar refractivity (Wildman–Crippen MR) is 81.3 cm³/mol. The van der Waals surface area contributed by atoms with Crippen LogP contribution in [0, 0.1) is 0 Å². The van der Waals surface area contributed by atoms with Crippen LogP contribution in [0.1, 0.15) is 44.1 Å². The van der Waals surface area contributed by atoms with Crippen LogP contribution in [0.2, 0.25) is 0 Å². The third kappa shape index (κ3) is 4.88. The van der Waals surface area contributed by atoms with Gasteiger partial charge in [0.2, 0.25) is 5.78 Å². The van der Waals surface area contributed by atoms with E-state index < -0.39 is 5.91 Å². The van der Waals surface area contributed by atoms with E-state index in [-0.39, 0.29) is 11.8 Å². The summed E-state index contributed by atoms with van der Waals surface area (Å²) in [4.78, 5) is 23.5. The van der Waals surface area contributed by atoms with Gasteiger partial charge in [-0.2, -0.15) is 0 Å². The van der Waals surface area contributed by atoms with E-state index in [1.807, 2.05) is 24.3 Å². The molecule has 4 heteroatoms. The van der Waals surface area contributed by atoms with Crippen LogP contribution in [0.25, 0.3) is 0 Å². The van der Waals surface area contributed by atoms with Gasteiger partial charge in [0, 0.05) is 12.5 Å². The molecule has 1 aliphatic carbocycles. The van der Waals surface area contributed by atoms with Gasteiger partial charge in [0.15, 0.2) is 0 Å². The summed E-state index contributed by atoms with van der Waals surface area (Å²) in [7, 11) is 1.64. The fourth-order valence-electron chi connectivity index (χ4n) is 2.69. The van der Waals surface area contributed by atoms with Crippen molar-refractivity contribution in [2.75, 3.05) is 7.11 Å². The Bertz CT molecular complexity index is 475. The molecule has 0 atom stereocenters. The predicted octanol–water partition coefficient (Wildman–Crippen LogP) is 2.65. The molecule has 0 saturated heterocycles. The van der Waals surface area contributed by atoms with Crippen LogP contribution in [0.5, 0.6) is 5.75 Å². The van der Waals surface area contributed by atoms with Gasteiger partial charge in [-0.25, -0.2) is 0 Å². The van der Waals surface area contributed by atoms with E-state index in [2.05, 4.69) is 5.32 Å². The van der Waals surface area contributed by atoms with E-state index in [0.717, 1.165) is 43.4 Å². The number of rotatable bonds is 7. The van der Waals surface area contributed by atoms with Crippen molar-refractivity contribution in [1.82, 2.24) is 5.32 Å². The number of ketones is 1. The maximum atomic E-state index is 11.8. The zero-order valence-electron chi connectivity index (χ0n) is 12.6. The molecule has 2 rings (SSSR count). The third-order valence-corrected chi connectivity index (χ3v) is 3.97. The van der Waals surface area contributed by atoms with Crippen molar-refractivity contribution in [2.45, 2.75) is 51.0 Å². The standard InChI is InChI=1S/C17H23NO3/c1-21-15-11-9-13(10-12-15)5-4-8-16(19)17(20)18-14-6-2-3-7-14/h9-12,14H,2-8H2,1H3,(H,18,20). The lowest BCUT2D eigenvalue weighted by molar-refractivity contribution is -0.138. The number of amides is 1. The number of aryl methyl sites for hydroxylation is 1. The highest BCUT2D eigenvalue weighted by molar-refractivity contribution is 6.36. The molecule has 0 unspecified atom stereocenters. The summed E-state index contributed by atoms with van der Waals surface area (Å²) in [6.07, 6.45) is 6.11. The Morgan fingerprint density at radius 3 is 2.48 bits per heavy atom. The molecule has 0 heterocycles. The number of ether oxygens (including phenoxy) is 1. The summed E-state index contributed by atoms with van der Waals surface area (Å²) in [5.41, 5.74) is 1.15. The molecule has 0 aromatic heterocycles. The van der Waals surface area contributed by atoms with Gasteiger partial charge in [0.25, 0.3) is 5.91 Å². The molecular formula is C17H23NO3. The molecule has 1 aromatic rings. The van der Waals surface area contributed by atoms with Gasteiger partial charge in [-0.1, -0.05) is 25.0 Å². The van der Waals surface area contributed by atoms with Crippen LogP contribution in [-0.4, -0.2) is 24.8 Å². The smallest absolute Gasteiger partial charge is 0.287 e. The molecule has 0 aliphatic heterocycles. The van der Waals surface area contributed by atoms with Crippen molar-refractivity contribution in [2.24, 2.45) is 0 Å². The SMILES string of the molecule is COc1ccc(CCCC(=O)C(=O)NC2CCCC2)cc1. The van der Waals surface area contributed by atoms with E-state index in [1.165, 1.54) is 0 Å². The Hall–Kier alpha value is -1.84. The first-order valence-electron chi connectivity index (χ1n) is 7.65. The summed E-state index contributed by atoms with van der Waals surface area (Å²) in [5.74, 6) is 0.123. The second-order valence-electron chi connectivity index (χ2n) is 5.58. The van der Waals surface area contributed by atoms with Crippen molar-refractivity contribution in [3.63, 3.8) is 0 Å². The molecule has 21 heavy (non-hydrogen) atoms. The first-order chi connectivity index (χ1) is 10.2. The normalized spacial score (nSPS) is 14.9. The van der Waals surface area contributed by atoms with E-state index in [9.17, 15) is 9.59 Å². The Balaban J connectivity index is 1.69. The topological polar surface area (TPSA) is 55.4 Å². The summed E-state index contributed by atoms with van der Waals surface area (Å²) in [6.45, 7) is 0. The first-order valence-corrected chi connectivity index (χ1v) is 7.65. The zero-order valence-corrected chi connectivity index (χ0v) is 12.6. The first kappa shape index (κ1) is 15.5. The van der Waals surface area contributed by atoms with Crippen LogP contribution >= 0.6 is 0 Å². The number of hydrogen-bond acceptors (Lipinski definition) is 3. The zero-order chi connectivity index (χ0) is 15.1. The maximum absolute atomic E-state index is 11.8. The number of methoxy groups -OCH3 is 1. The Morgan fingerprint density at radius 1 is 1.19 bits per heavy atom. The average molecular weight is 289 g/mol. The van der Waals surface area contributed by atoms with E-state index in [1.54, 1.807) is 7.11 Å². The monoisotopic (exact) mass is 289 g/mol.